The lowest BCUT2D eigenvalue weighted by atomic mass is 10.1. The highest BCUT2D eigenvalue weighted by molar-refractivity contribution is 5.95. The Kier molecular flexibility index (Phi) is 6.66. The smallest absolute Gasteiger partial charge is 0.279 e. The zero-order valence-electron chi connectivity index (χ0n) is 19.4. The van der Waals surface area contributed by atoms with Crippen molar-refractivity contribution in [3.63, 3.8) is 0 Å². The van der Waals surface area contributed by atoms with Gasteiger partial charge in [0.15, 0.2) is 5.49 Å². The number of benzene rings is 1. The van der Waals surface area contributed by atoms with Gasteiger partial charge in [-0.2, -0.15) is 10.3 Å². The maximum Gasteiger partial charge on any atom is 0.279 e. The number of carbonyl (C=O) groups excluding carboxylic acids is 1. The minimum atomic E-state index is -0.466. The number of ether oxygens (including phenoxy) is 1. The number of nitriles is 1. The molecule has 0 bridgehead atoms. The Morgan fingerprint density at radius 3 is 2.74 bits per heavy atom. The van der Waals surface area contributed by atoms with Crippen molar-refractivity contribution in [2.75, 3.05) is 13.2 Å². The Morgan fingerprint density at radius 2 is 2.00 bits per heavy atom. The van der Waals surface area contributed by atoms with E-state index in [1.54, 1.807) is 35.0 Å². The van der Waals surface area contributed by atoms with E-state index in [1.165, 1.54) is 10.5 Å². The molecule has 172 valence electrons. The molecule has 0 saturated carbocycles. The molecule has 3 heterocycles. The molecule has 0 spiro atoms. The van der Waals surface area contributed by atoms with Gasteiger partial charge in [-0.05, 0) is 57.0 Å². The van der Waals surface area contributed by atoms with Crippen molar-refractivity contribution < 1.29 is 9.53 Å². The van der Waals surface area contributed by atoms with Crippen LogP contribution in [0, 0.1) is 25.2 Å². The molecular weight excluding hydrogens is 430 g/mol. The zero-order valence-corrected chi connectivity index (χ0v) is 19.4. The summed E-state index contributed by atoms with van der Waals surface area (Å²) in [6.45, 7) is 7.13. The normalized spacial score (nSPS) is 11.8. The number of hydrogen-bond donors (Lipinski definition) is 0. The van der Waals surface area contributed by atoms with E-state index in [0.29, 0.717) is 43.0 Å². The Bertz CT molecular complexity index is 1570. The summed E-state index contributed by atoms with van der Waals surface area (Å²) in [6, 6.07) is 14.4. The van der Waals surface area contributed by atoms with Crippen LogP contribution in [0.5, 0.6) is 0 Å². The summed E-state index contributed by atoms with van der Waals surface area (Å²) in [5, 5.41) is 10.2. The van der Waals surface area contributed by atoms with E-state index in [2.05, 4.69) is 11.1 Å². The van der Waals surface area contributed by atoms with E-state index < -0.39 is 5.91 Å². The Hall–Kier alpha value is -4.09. The maximum atomic E-state index is 13.3. The van der Waals surface area contributed by atoms with E-state index in [9.17, 15) is 14.9 Å². The first-order valence-electron chi connectivity index (χ1n) is 11.1. The summed E-state index contributed by atoms with van der Waals surface area (Å²) in [4.78, 5) is 35.4. The summed E-state index contributed by atoms with van der Waals surface area (Å²) < 4.78 is 8.64. The number of rotatable bonds is 6. The van der Waals surface area contributed by atoms with Crippen LogP contribution in [0.1, 0.15) is 40.4 Å². The monoisotopic (exact) mass is 455 g/mol. The van der Waals surface area contributed by atoms with Crippen molar-refractivity contribution >= 4 is 22.6 Å². The lowest BCUT2D eigenvalue weighted by molar-refractivity contribution is 0.0997. The fraction of sp³-hybridized carbons (Fsp3) is 0.269. The SMILES string of the molecule is CCOCCCn1c(=NC(=O)c2cccc(C)c2)c(C#N)cc2c(=O)n3cccc(C)c3nc21. The zero-order chi connectivity index (χ0) is 24.2. The number of amides is 1. The van der Waals surface area contributed by atoms with Crippen molar-refractivity contribution in [1.29, 1.82) is 5.26 Å². The molecule has 8 heteroatoms. The summed E-state index contributed by atoms with van der Waals surface area (Å²) in [7, 11) is 0. The molecule has 1 amide bonds. The summed E-state index contributed by atoms with van der Waals surface area (Å²) in [5.41, 5.74) is 3.12. The Morgan fingerprint density at radius 1 is 1.18 bits per heavy atom. The number of hydrogen-bond acceptors (Lipinski definition) is 5. The van der Waals surface area contributed by atoms with Crippen LogP contribution in [-0.4, -0.2) is 33.1 Å². The molecule has 4 rings (SSSR count). The maximum absolute atomic E-state index is 13.3. The predicted molar refractivity (Wildman–Crippen MR) is 129 cm³/mol. The van der Waals surface area contributed by atoms with Gasteiger partial charge in [-0.15, -0.1) is 0 Å². The third kappa shape index (κ3) is 4.38. The summed E-state index contributed by atoms with van der Waals surface area (Å²) in [6.07, 6.45) is 2.25. The van der Waals surface area contributed by atoms with Crippen LogP contribution in [0.3, 0.4) is 0 Å². The van der Waals surface area contributed by atoms with E-state index in [-0.39, 0.29) is 22.0 Å². The molecular formula is C26H25N5O3. The molecule has 0 saturated heterocycles. The highest BCUT2D eigenvalue weighted by Crippen LogP contribution is 2.13. The summed E-state index contributed by atoms with van der Waals surface area (Å²) >= 11 is 0. The van der Waals surface area contributed by atoms with Crippen molar-refractivity contribution in [3.8, 4) is 6.07 Å². The number of pyridine rings is 2. The number of aromatic nitrogens is 3. The third-order valence-electron chi connectivity index (χ3n) is 5.57. The van der Waals surface area contributed by atoms with Crippen LogP contribution in [0.25, 0.3) is 16.7 Å². The van der Waals surface area contributed by atoms with Gasteiger partial charge in [0, 0.05) is 31.5 Å². The molecule has 34 heavy (non-hydrogen) atoms. The molecule has 0 aliphatic heterocycles. The highest BCUT2D eigenvalue weighted by atomic mass is 16.5. The van der Waals surface area contributed by atoms with Gasteiger partial charge in [0.05, 0.1) is 10.9 Å². The molecule has 8 nitrogen and oxygen atoms in total. The molecule has 0 fully saturated rings. The lowest BCUT2D eigenvalue weighted by Gasteiger charge is -2.14. The molecule has 0 radical (unpaired) electrons. The number of carbonyl (C=O) groups is 1. The molecule has 3 aromatic heterocycles. The van der Waals surface area contributed by atoms with E-state index >= 15 is 0 Å². The molecule has 0 unspecified atom stereocenters. The van der Waals surface area contributed by atoms with Crippen LogP contribution in [0.4, 0.5) is 0 Å². The molecule has 0 aliphatic rings. The van der Waals surface area contributed by atoms with Crippen LogP contribution >= 0.6 is 0 Å². The minimum Gasteiger partial charge on any atom is -0.382 e. The fourth-order valence-electron chi connectivity index (χ4n) is 3.91. The Balaban J connectivity index is 2.04. The van der Waals surface area contributed by atoms with E-state index in [1.807, 2.05) is 32.9 Å². The molecule has 4 aromatic rings. The van der Waals surface area contributed by atoms with Gasteiger partial charge in [-0.3, -0.25) is 14.0 Å². The number of nitrogens with zero attached hydrogens (tertiary/aromatic N) is 5. The van der Waals surface area contributed by atoms with E-state index in [4.69, 9.17) is 9.72 Å². The second kappa shape index (κ2) is 9.81. The average Bonchev–Trinajstić information content (AvgIpc) is 2.83. The van der Waals surface area contributed by atoms with Crippen LogP contribution in [-0.2, 0) is 11.3 Å². The van der Waals surface area contributed by atoms with Gasteiger partial charge in [0.2, 0.25) is 0 Å². The molecule has 1 aromatic carbocycles. The predicted octanol–water partition coefficient (Wildman–Crippen LogP) is 3.31. The molecule has 0 aliphatic carbocycles. The van der Waals surface area contributed by atoms with Crippen molar-refractivity contribution in [2.24, 2.45) is 4.99 Å². The van der Waals surface area contributed by atoms with Crippen molar-refractivity contribution in [1.82, 2.24) is 14.0 Å². The quantitative estimate of drug-likeness (QED) is 0.328. The topological polar surface area (TPSA) is 102 Å². The van der Waals surface area contributed by atoms with Crippen LogP contribution in [0.2, 0.25) is 0 Å². The number of aryl methyl sites for hydroxylation is 3. The largest absolute Gasteiger partial charge is 0.382 e. The minimum absolute atomic E-state index is 0.136. The molecule has 0 atom stereocenters. The van der Waals surface area contributed by atoms with Gasteiger partial charge in [-0.1, -0.05) is 23.8 Å². The highest BCUT2D eigenvalue weighted by Gasteiger charge is 2.16. The van der Waals surface area contributed by atoms with Crippen LogP contribution < -0.4 is 11.0 Å². The molecule has 0 N–H and O–H groups in total. The fourth-order valence-corrected chi connectivity index (χ4v) is 3.91. The second-order valence-electron chi connectivity index (χ2n) is 8.02. The first-order valence-corrected chi connectivity index (χ1v) is 11.1. The van der Waals surface area contributed by atoms with Gasteiger partial charge in [0.25, 0.3) is 11.5 Å². The standard InChI is InChI=1S/C26H25N5O3/c1-4-34-13-7-12-30-23(29-25(32)19-10-5-8-17(2)14-19)20(16-27)15-21-24(30)28-22-18(3)9-6-11-31(22)26(21)33/h5-6,8-11,14-15H,4,7,12-13H2,1-3H3. The van der Waals surface area contributed by atoms with Gasteiger partial charge >= 0.3 is 0 Å². The van der Waals surface area contributed by atoms with Crippen LogP contribution in [0.15, 0.2) is 58.4 Å². The van der Waals surface area contributed by atoms with Gasteiger partial charge < -0.3 is 9.30 Å². The average molecular weight is 456 g/mol. The Labute approximate surface area is 196 Å². The number of fused-ring (bicyclic) bond motifs is 2. The third-order valence-corrected chi connectivity index (χ3v) is 5.57. The first kappa shape index (κ1) is 23.1. The van der Waals surface area contributed by atoms with Gasteiger partial charge in [-0.25, -0.2) is 4.98 Å². The van der Waals surface area contributed by atoms with Crippen molar-refractivity contribution in [3.05, 3.63) is 86.8 Å². The lowest BCUT2D eigenvalue weighted by Crippen LogP contribution is -2.30. The summed E-state index contributed by atoms with van der Waals surface area (Å²) in [5.74, 6) is -0.466. The van der Waals surface area contributed by atoms with Crippen molar-refractivity contribution in [2.45, 2.75) is 33.7 Å². The van der Waals surface area contributed by atoms with E-state index in [0.717, 1.165) is 11.1 Å². The first-order chi connectivity index (χ1) is 16.4. The second-order valence-corrected chi connectivity index (χ2v) is 8.02. The van der Waals surface area contributed by atoms with Gasteiger partial charge in [0.1, 0.15) is 17.4 Å².